The zero-order valence-electron chi connectivity index (χ0n) is 18.5. The van der Waals surface area contributed by atoms with Crippen LogP contribution in [-0.2, 0) is 19.5 Å². The predicted octanol–water partition coefficient (Wildman–Crippen LogP) is 3.51. The maximum absolute atomic E-state index is 14.3. The molecular formula is C24H20F2N2O6S. The van der Waals surface area contributed by atoms with Crippen molar-refractivity contribution in [3.63, 3.8) is 0 Å². The Balaban J connectivity index is 1.57. The van der Waals surface area contributed by atoms with Crippen molar-refractivity contribution < 1.29 is 31.5 Å². The van der Waals surface area contributed by atoms with Gasteiger partial charge in [0.25, 0.3) is 15.6 Å². The number of esters is 1. The fourth-order valence-corrected chi connectivity index (χ4v) is 4.62. The summed E-state index contributed by atoms with van der Waals surface area (Å²) in [5.74, 6) is -3.40. The normalized spacial score (nSPS) is 13.7. The lowest BCUT2D eigenvalue weighted by Gasteiger charge is -2.14. The molecule has 3 aromatic rings. The number of anilines is 1. The summed E-state index contributed by atoms with van der Waals surface area (Å²) < 4.78 is 66.8. The second-order valence-corrected chi connectivity index (χ2v) is 9.26. The molecule has 0 aliphatic carbocycles. The first kappa shape index (κ1) is 24.3. The van der Waals surface area contributed by atoms with Gasteiger partial charge in [-0.25, -0.2) is 22.0 Å². The minimum absolute atomic E-state index is 0.241. The van der Waals surface area contributed by atoms with Crippen LogP contribution in [-0.4, -0.2) is 39.3 Å². The van der Waals surface area contributed by atoms with Gasteiger partial charge in [0.05, 0.1) is 36.5 Å². The van der Waals surface area contributed by atoms with Gasteiger partial charge >= 0.3 is 5.97 Å². The number of carbonyl (C=O) groups excluding carboxylic acids is 1. The number of pyridine rings is 1. The molecule has 0 fully saturated rings. The molecule has 0 bridgehead atoms. The topological polar surface area (TPSA) is 104 Å². The second kappa shape index (κ2) is 9.80. The molecule has 0 spiro atoms. The molecule has 182 valence electrons. The zero-order chi connectivity index (χ0) is 25.2. The van der Waals surface area contributed by atoms with Crippen LogP contribution in [0, 0.1) is 11.6 Å². The molecule has 8 nitrogen and oxygen atoms in total. The lowest BCUT2D eigenvalue weighted by Crippen LogP contribution is -2.18. The molecule has 0 saturated heterocycles. The van der Waals surface area contributed by atoms with Crippen molar-refractivity contribution in [3.05, 3.63) is 93.9 Å². The average molecular weight is 502 g/mol. The van der Waals surface area contributed by atoms with E-state index in [0.29, 0.717) is 37.5 Å². The molecule has 0 saturated carbocycles. The number of ether oxygens (including phenoxy) is 2. The Morgan fingerprint density at radius 1 is 1.09 bits per heavy atom. The standard InChI is InChI=1S/C24H20F2N2O6S/c1-33-24(30)19-13-21(26)22(14-20(19)25)27-35(31,32)18-4-2-17(3-5-18)28-9-6-16(12-23(28)29)15-7-10-34-11-8-15/h2-7,9,12-14,27H,8,10-11H2,1H3. The van der Waals surface area contributed by atoms with Crippen molar-refractivity contribution >= 4 is 27.3 Å². The second-order valence-electron chi connectivity index (χ2n) is 7.58. The third-order valence-electron chi connectivity index (χ3n) is 5.39. The Morgan fingerprint density at radius 2 is 1.83 bits per heavy atom. The molecule has 0 atom stereocenters. The number of carbonyl (C=O) groups is 1. The molecule has 1 aliphatic heterocycles. The number of aromatic nitrogens is 1. The van der Waals surface area contributed by atoms with Crippen LogP contribution >= 0.6 is 0 Å². The van der Waals surface area contributed by atoms with E-state index in [-0.39, 0.29) is 10.5 Å². The first-order chi connectivity index (χ1) is 16.7. The number of hydrogen-bond donors (Lipinski definition) is 1. The lowest BCUT2D eigenvalue weighted by molar-refractivity contribution is 0.0595. The first-order valence-electron chi connectivity index (χ1n) is 10.4. The Kier molecular flexibility index (Phi) is 6.81. The number of nitrogens with one attached hydrogen (secondary N) is 1. The van der Waals surface area contributed by atoms with Crippen molar-refractivity contribution in [1.82, 2.24) is 4.57 Å². The van der Waals surface area contributed by atoms with Gasteiger partial charge in [0.1, 0.15) is 11.6 Å². The van der Waals surface area contributed by atoms with Gasteiger partial charge < -0.3 is 9.47 Å². The van der Waals surface area contributed by atoms with E-state index < -0.39 is 38.9 Å². The highest BCUT2D eigenvalue weighted by Gasteiger charge is 2.21. The van der Waals surface area contributed by atoms with E-state index in [9.17, 15) is 26.8 Å². The van der Waals surface area contributed by atoms with E-state index in [1.54, 1.807) is 12.3 Å². The maximum atomic E-state index is 14.3. The summed E-state index contributed by atoms with van der Waals surface area (Å²) in [6.45, 7) is 1.08. The molecule has 35 heavy (non-hydrogen) atoms. The van der Waals surface area contributed by atoms with Gasteiger partial charge in [0.15, 0.2) is 0 Å². The third kappa shape index (κ3) is 5.15. The lowest BCUT2D eigenvalue weighted by atomic mass is 10.0. The van der Waals surface area contributed by atoms with Crippen LogP contribution in [0.15, 0.2) is 70.5 Å². The molecule has 0 amide bonds. The predicted molar refractivity (Wildman–Crippen MR) is 124 cm³/mol. The van der Waals surface area contributed by atoms with Crippen LogP contribution in [0.5, 0.6) is 0 Å². The SMILES string of the molecule is COC(=O)c1cc(F)c(NS(=O)(=O)c2ccc(-n3ccc(C4=CCOCC4)cc3=O)cc2)cc1F. The maximum Gasteiger partial charge on any atom is 0.340 e. The van der Waals surface area contributed by atoms with Gasteiger partial charge in [0, 0.05) is 24.0 Å². The number of nitrogens with zero attached hydrogens (tertiary/aromatic N) is 1. The number of hydrogen-bond acceptors (Lipinski definition) is 6. The number of sulfonamides is 1. The van der Waals surface area contributed by atoms with Gasteiger partial charge in [0.2, 0.25) is 0 Å². The van der Waals surface area contributed by atoms with E-state index in [4.69, 9.17) is 4.74 Å². The van der Waals surface area contributed by atoms with Crippen molar-refractivity contribution in [1.29, 1.82) is 0 Å². The summed E-state index contributed by atoms with van der Waals surface area (Å²) in [5, 5.41) is 0. The highest BCUT2D eigenvalue weighted by molar-refractivity contribution is 7.92. The van der Waals surface area contributed by atoms with Gasteiger partial charge in [-0.15, -0.1) is 0 Å². The van der Waals surface area contributed by atoms with Gasteiger partial charge in [-0.2, -0.15) is 0 Å². The number of methoxy groups -OCH3 is 1. The Morgan fingerprint density at radius 3 is 2.46 bits per heavy atom. The molecular weight excluding hydrogens is 482 g/mol. The average Bonchev–Trinajstić information content (AvgIpc) is 2.86. The molecule has 1 aromatic heterocycles. The van der Waals surface area contributed by atoms with E-state index in [0.717, 1.165) is 18.2 Å². The summed E-state index contributed by atoms with van der Waals surface area (Å²) in [7, 11) is -3.29. The van der Waals surface area contributed by atoms with Gasteiger partial charge in [-0.1, -0.05) is 6.08 Å². The summed E-state index contributed by atoms with van der Waals surface area (Å²) >= 11 is 0. The van der Waals surface area contributed by atoms with Crippen molar-refractivity contribution in [3.8, 4) is 5.69 Å². The molecule has 4 rings (SSSR count). The largest absolute Gasteiger partial charge is 0.465 e. The van der Waals surface area contributed by atoms with Gasteiger partial charge in [-0.3, -0.25) is 14.1 Å². The van der Waals surface area contributed by atoms with Crippen molar-refractivity contribution in [2.45, 2.75) is 11.3 Å². The smallest absolute Gasteiger partial charge is 0.340 e. The van der Waals surface area contributed by atoms with E-state index in [1.165, 1.54) is 34.9 Å². The fourth-order valence-electron chi connectivity index (χ4n) is 3.56. The molecule has 11 heteroatoms. The first-order valence-corrected chi connectivity index (χ1v) is 11.9. The molecule has 0 unspecified atom stereocenters. The highest BCUT2D eigenvalue weighted by Crippen LogP contribution is 2.24. The summed E-state index contributed by atoms with van der Waals surface area (Å²) in [4.78, 5) is 23.9. The van der Waals surface area contributed by atoms with Crippen LogP contribution in [0.25, 0.3) is 11.3 Å². The highest BCUT2D eigenvalue weighted by atomic mass is 32.2. The monoisotopic (exact) mass is 502 g/mol. The van der Waals surface area contributed by atoms with Gasteiger partial charge in [-0.05, 0) is 54.0 Å². The molecule has 2 heterocycles. The molecule has 1 aliphatic rings. The minimum Gasteiger partial charge on any atom is -0.465 e. The van der Waals surface area contributed by atoms with E-state index in [2.05, 4.69) is 4.74 Å². The van der Waals surface area contributed by atoms with E-state index in [1.807, 2.05) is 10.8 Å². The molecule has 1 N–H and O–H groups in total. The van der Waals surface area contributed by atoms with Crippen LogP contribution in [0.3, 0.4) is 0 Å². The summed E-state index contributed by atoms with van der Waals surface area (Å²) in [6.07, 6.45) is 4.22. The number of benzene rings is 2. The zero-order valence-corrected chi connectivity index (χ0v) is 19.3. The van der Waals surface area contributed by atoms with Crippen LogP contribution in [0.4, 0.5) is 14.5 Å². The summed E-state index contributed by atoms with van der Waals surface area (Å²) in [5.41, 5.74) is 0.602. The quantitative estimate of drug-likeness (QED) is 0.518. The third-order valence-corrected chi connectivity index (χ3v) is 6.77. The minimum atomic E-state index is -4.30. The Hall–Kier alpha value is -3.83. The number of halogens is 2. The Labute approximate surface area is 199 Å². The Bertz CT molecular complexity index is 1480. The summed E-state index contributed by atoms with van der Waals surface area (Å²) in [6, 6.07) is 9.70. The van der Waals surface area contributed by atoms with E-state index >= 15 is 0 Å². The molecule has 0 radical (unpaired) electrons. The number of rotatable bonds is 6. The van der Waals surface area contributed by atoms with Crippen LogP contribution < -0.4 is 10.3 Å². The van der Waals surface area contributed by atoms with Crippen molar-refractivity contribution in [2.24, 2.45) is 0 Å². The fraction of sp³-hybridized carbons (Fsp3) is 0.167. The van der Waals surface area contributed by atoms with Crippen LogP contribution in [0.2, 0.25) is 0 Å². The van der Waals surface area contributed by atoms with Crippen molar-refractivity contribution in [2.75, 3.05) is 25.0 Å². The van der Waals surface area contributed by atoms with Crippen LogP contribution in [0.1, 0.15) is 22.3 Å². The molecule has 2 aromatic carbocycles.